The van der Waals surface area contributed by atoms with Crippen LogP contribution in [0.25, 0.3) is 77.9 Å². The van der Waals surface area contributed by atoms with Gasteiger partial charge in [0.05, 0.1) is 22.2 Å². The predicted octanol–water partition coefficient (Wildman–Crippen LogP) is 16.0. The SMILES string of the molecule is c1cccc(N(c2ccc(-c3ccccc3)cc2)c2cccc3c2-c2ccccc2C32c3ccccc3-c3ccccc32)c2c(ccc1)oc1ccc(-c3nc4ccccc4o3)cc12. The van der Waals surface area contributed by atoms with E-state index in [0.717, 1.165) is 61.2 Å². The summed E-state index contributed by atoms with van der Waals surface area (Å²) in [6.07, 6.45) is 0. The smallest absolute Gasteiger partial charge is 0.227 e. The van der Waals surface area contributed by atoms with Crippen LogP contribution in [0.15, 0.2) is 239 Å². The van der Waals surface area contributed by atoms with Crippen LogP contribution in [0.3, 0.4) is 0 Å². The number of anilines is 3. The average Bonchev–Trinajstić information content (AvgIpc) is 4.11. The molecule has 2 heterocycles. The highest BCUT2D eigenvalue weighted by Gasteiger charge is 2.52. The molecule has 0 fully saturated rings. The van der Waals surface area contributed by atoms with Crippen LogP contribution >= 0.6 is 0 Å². The number of rotatable bonds is 5. The summed E-state index contributed by atoms with van der Waals surface area (Å²) in [5.74, 6) is 0.565. The third-order valence-corrected chi connectivity index (χ3v) is 13.2. The summed E-state index contributed by atoms with van der Waals surface area (Å²) in [5.41, 5.74) is 19.0. The highest BCUT2D eigenvalue weighted by atomic mass is 16.3. The Hall–Kier alpha value is -8.47. The summed E-state index contributed by atoms with van der Waals surface area (Å²) in [6, 6.07) is 82.2. The van der Waals surface area contributed by atoms with Gasteiger partial charge in [0.25, 0.3) is 0 Å². The Balaban J connectivity index is 1.13. The molecule has 9 aromatic carbocycles. The molecule has 4 heteroatoms. The normalized spacial score (nSPS) is 12.8. The summed E-state index contributed by atoms with van der Waals surface area (Å²) < 4.78 is 13.2. The van der Waals surface area contributed by atoms with Crippen molar-refractivity contribution in [3.8, 4) is 44.8 Å². The first-order valence-electron chi connectivity index (χ1n) is 21.8. The van der Waals surface area contributed by atoms with Crippen molar-refractivity contribution in [2.75, 3.05) is 4.90 Å². The van der Waals surface area contributed by atoms with Crippen LogP contribution < -0.4 is 4.90 Å². The highest BCUT2D eigenvalue weighted by Crippen LogP contribution is 2.64. The van der Waals surface area contributed by atoms with Gasteiger partial charge >= 0.3 is 0 Å². The molecule has 2 aromatic heterocycles. The fourth-order valence-corrected chi connectivity index (χ4v) is 10.5. The van der Waals surface area contributed by atoms with E-state index in [1.54, 1.807) is 0 Å². The number of para-hydroxylation sites is 2. The maximum absolute atomic E-state index is 6.84. The quantitative estimate of drug-likeness (QED) is 0.173. The lowest BCUT2D eigenvalue weighted by atomic mass is 9.70. The molecule has 0 amide bonds. The van der Waals surface area contributed by atoms with E-state index >= 15 is 0 Å². The van der Waals surface area contributed by atoms with Gasteiger partial charge in [0, 0.05) is 22.2 Å². The number of aromatic nitrogens is 1. The number of hydrogen-bond acceptors (Lipinski definition) is 4. The van der Waals surface area contributed by atoms with Crippen molar-refractivity contribution in [2.24, 2.45) is 0 Å². The molecule has 0 unspecified atom stereocenters. The van der Waals surface area contributed by atoms with Crippen molar-refractivity contribution in [1.82, 2.24) is 4.98 Å². The van der Waals surface area contributed by atoms with E-state index in [9.17, 15) is 0 Å². The van der Waals surface area contributed by atoms with Crippen molar-refractivity contribution >= 4 is 50.1 Å². The Morgan fingerprint density at radius 3 is 1.69 bits per heavy atom. The maximum Gasteiger partial charge on any atom is 0.227 e. The van der Waals surface area contributed by atoms with Gasteiger partial charge in [-0.3, -0.25) is 0 Å². The summed E-state index contributed by atoms with van der Waals surface area (Å²) in [4.78, 5) is 7.34. The van der Waals surface area contributed by atoms with Crippen molar-refractivity contribution in [2.45, 2.75) is 5.41 Å². The first-order chi connectivity index (χ1) is 31.8. The molecule has 4 nitrogen and oxygen atoms in total. The summed E-state index contributed by atoms with van der Waals surface area (Å²) >= 11 is 0. The Morgan fingerprint density at radius 1 is 0.375 bits per heavy atom. The molecule has 300 valence electrons. The van der Waals surface area contributed by atoms with Gasteiger partial charge in [-0.25, -0.2) is 4.98 Å². The van der Waals surface area contributed by atoms with Gasteiger partial charge in [0.15, 0.2) is 5.58 Å². The van der Waals surface area contributed by atoms with Gasteiger partial charge < -0.3 is 13.7 Å². The Morgan fingerprint density at radius 2 is 0.922 bits per heavy atom. The molecule has 2 aliphatic rings. The molecule has 0 saturated carbocycles. The summed E-state index contributed by atoms with van der Waals surface area (Å²) in [6.45, 7) is 0. The van der Waals surface area contributed by atoms with E-state index in [1.165, 1.54) is 50.1 Å². The third kappa shape index (κ3) is 5.33. The second kappa shape index (κ2) is 14.3. The molecule has 1 spiro atoms. The summed E-state index contributed by atoms with van der Waals surface area (Å²) in [5, 5.41) is 1.92. The second-order valence-corrected chi connectivity index (χ2v) is 16.6. The lowest BCUT2D eigenvalue weighted by Gasteiger charge is -2.32. The van der Waals surface area contributed by atoms with Crippen LogP contribution in [0.1, 0.15) is 22.3 Å². The number of hydrogen-bond donors (Lipinski definition) is 0. The number of oxazole rings is 1. The molecule has 2 aliphatic carbocycles. The largest absolute Gasteiger partial charge is 0.456 e. The molecule has 0 bridgehead atoms. The fraction of sp³-hybridized carbons (Fsp3) is 0.0167. The van der Waals surface area contributed by atoms with E-state index in [2.05, 4.69) is 187 Å². The van der Waals surface area contributed by atoms with Gasteiger partial charge in [-0.15, -0.1) is 0 Å². The standard InChI is InChI=1S/C60H38N2O2/c1-2-7-28-53(58-46-38-41(34-37-54(46)63-56(58)31-8-3-1)59-61-51-27-15-16-30-55(51)64-59)62(42-35-32-40(33-36-42)39-18-5-4-6-19-39)52-29-17-26-50-57(52)45-22-11-14-25-49(45)60(50)47-23-12-9-20-43(47)44-21-10-13-24-48(44)60/h1-38H. The highest BCUT2D eigenvalue weighted by molar-refractivity contribution is 6.14. The van der Waals surface area contributed by atoms with Crippen molar-refractivity contribution in [3.05, 3.63) is 253 Å². The zero-order valence-corrected chi connectivity index (χ0v) is 34.7. The van der Waals surface area contributed by atoms with Crippen LogP contribution in [0.5, 0.6) is 0 Å². The maximum atomic E-state index is 6.84. The zero-order chi connectivity index (χ0) is 42.2. The Bertz CT molecular complexity index is 3610. The van der Waals surface area contributed by atoms with Gasteiger partial charge in [0.1, 0.15) is 16.7 Å². The Labute approximate surface area is 370 Å². The minimum atomic E-state index is -0.502. The molecule has 0 radical (unpaired) electrons. The molecular formula is C60H38N2O2. The van der Waals surface area contributed by atoms with Crippen molar-refractivity contribution < 1.29 is 8.83 Å². The first kappa shape index (κ1) is 36.2. The van der Waals surface area contributed by atoms with Crippen molar-refractivity contribution in [3.63, 3.8) is 0 Å². The van der Waals surface area contributed by atoms with Gasteiger partial charge in [-0.1, -0.05) is 170 Å². The molecule has 0 aliphatic heterocycles. The Kier molecular flexibility index (Phi) is 8.09. The van der Waals surface area contributed by atoms with Gasteiger partial charge in [-0.05, 0) is 111 Å². The lowest BCUT2D eigenvalue weighted by molar-refractivity contribution is 0.620. The topological polar surface area (TPSA) is 42.4 Å². The van der Waals surface area contributed by atoms with E-state index < -0.39 is 5.41 Å². The fourth-order valence-electron chi connectivity index (χ4n) is 10.5. The molecule has 0 N–H and O–H groups in total. The monoisotopic (exact) mass is 818 g/mol. The van der Waals surface area contributed by atoms with E-state index in [-0.39, 0.29) is 0 Å². The molecule has 11 aromatic rings. The molecule has 0 saturated heterocycles. The van der Waals surface area contributed by atoms with Gasteiger partial charge in [-0.2, -0.15) is 0 Å². The van der Waals surface area contributed by atoms with Crippen LogP contribution in [0.4, 0.5) is 17.1 Å². The van der Waals surface area contributed by atoms with Crippen LogP contribution in [0, 0.1) is 0 Å². The van der Waals surface area contributed by atoms with Crippen molar-refractivity contribution in [1.29, 1.82) is 0 Å². The van der Waals surface area contributed by atoms with Crippen LogP contribution in [-0.4, -0.2) is 4.98 Å². The van der Waals surface area contributed by atoms with Gasteiger partial charge in [0.2, 0.25) is 5.89 Å². The average molecular weight is 819 g/mol. The van der Waals surface area contributed by atoms with E-state index in [4.69, 9.17) is 13.8 Å². The predicted molar refractivity (Wildman–Crippen MR) is 261 cm³/mol. The zero-order valence-electron chi connectivity index (χ0n) is 34.7. The molecule has 0 atom stereocenters. The lowest BCUT2D eigenvalue weighted by Crippen LogP contribution is -2.26. The van der Waals surface area contributed by atoms with E-state index in [1.807, 2.05) is 48.5 Å². The molecule has 13 rings (SSSR count). The number of benzene rings is 8. The minimum absolute atomic E-state index is 0.502. The second-order valence-electron chi connectivity index (χ2n) is 16.6. The number of fused-ring (bicyclic) bond motifs is 14. The third-order valence-electron chi connectivity index (χ3n) is 13.2. The molecule has 64 heavy (non-hydrogen) atoms. The minimum Gasteiger partial charge on any atom is -0.456 e. The first-order valence-corrected chi connectivity index (χ1v) is 21.8. The number of nitrogens with zero attached hydrogens (tertiary/aromatic N) is 2. The molecular weight excluding hydrogens is 781 g/mol. The van der Waals surface area contributed by atoms with Crippen LogP contribution in [-0.2, 0) is 5.41 Å². The summed E-state index contributed by atoms with van der Waals surface area (Å²) in [7, 11) is 0. The van der Waals surface area contributed by atoms with Crippen LogP contribution in [0.2, 0.25) is 0 Å². The number of furan rings is 1. The van der Waals surface area contributed by atoms with E-state index in [0.29, 0.717) is 5.89 Å².